The summed E-state index contributed by atoms with van der Waals surface area (Å²) >= 11 is 1.73. The van der Waals surface area contributed by atoms with E-state index < -0.39 is 0 Å². The summed E-state index contributed by atoms with van der Waals surface area (Å²) in [6.45, 7) is 4.99. The van der Waals surface area contributed by atoms with E-state index in [1.165, 1.54) is 4.88 Å². The fourth-order valence-corrected chi connectivity index (χ4v) is 2.05. The summed E-state index contributed by atoms with van der Waals surface area (Å²) in [6.07, 6.45) is 2.24. The van der Waals surface area contributed by atoms with Gasteiger partial charge in [-0.2, -0.15) is 0 Å². The van der Waals surface area contributed by atoms with Crippen LogP contribution in [0.4, 0.5) is 0 Å². The molecule has 0 atom stereocenters. The molecular formula is C12H19NOS. The summed E-state index contributed by atoms with van der Waals surface area (Å²) in [5.41, 5.74) is 0. The SMILES string of the molecule is CC(C)NCCC(=O)CCc1cccs1. The van der Waals surface area contributed by atoms with Crippen LogP contribution in [0.5, 0.6) is 0 Å². The van der Waals surface area contributed by atoms with Crippen LogP contribution in [0.3, 0.4) is 0 Å². The molecule has 0 unspecified atom stereocenters. The lowest BCUT2D eigenvalue weighted by Crippen LogP contribution is -2.25. The second-order valence-corrected chi connectivity index (χ2v) is 5.01. The maximum atomic E-state index is 11.5. The third-order valence-electron chi connectivity index (χ3n) is 2.19. The van der Waals surface area contributed by atoms with Crippen molar-refractivity contribution in [3.8, 4) is 0 Å². The average molecular weight is 225 g/mol. The van der Waals surface area contributed by atoms with E-state index in [1.54, 1.807) is 11.3 Å². The van der Waals surface area contributed by atoms with Crippen molar-refractivity contribution in [2.24, 2.45) is 0 Å². The number of nitrogens with one attached hydrogen (secondary N) is 1. The number of thiophene rings is 1. The van der Waals surface area contributed by atoms with Crippen molar-refractivity contribution >= 4 is 17.1 Å². The molecule has 0 radical (unpaired) electrons. The third-order valence-corrected chi connectivity index (χ3v) is 3.12. The molecule has 1 rings (SSSR count). The molecular weight excluding hydrogens is 206 g/mol. The summed E-state index contributed by atoms with van der Waals surface area (Å²) in [5.74, 6) is 0.358. The van der Waals surface area contributed by atoms with Gasteiger partial charge in [0.15, 0.2) is 0 Å². The van der Waals surface area contributed by atoms with Gasteiger partial charge in [-0.25, -0.2) is 0 Å². The summed E-state index contributed by atoms with van der Waals surface area (Å²) in [7, 11) is 0. The molecule has 0 aliphatic heterocycles. The quantitative estimate of drug-likeness (QED) is 0.773. The van der Waals surface area contributed by atoms with Gasteiger partial charge in [0.2, 0.25) is 0 Å². The molecule has 15 heavy (non-hydrogen) atoms. The number of carbonyl (C=O) groups excluding carboxylic acids is 1. The van der Waals surface area contributed by atoms with Gasteiger partial charge in [-0.05, 0) is 17.9 Å². The smallest absolute Gasteiger partial charge is 0.134 e. The van der Waals surface area contributed by atoms with Crippen molar-refractivity contribution in [3.63, 3.8) is 0 Å². The lowest BCUT2D eigenvalue weighted by atomic mass is 10.1. The Labute approximate surface area is 95.7 Å². The number of rotatable bonds is 7. The normalized spacial score (nSPS) is 10.9. The molecule has 84 valence electrons. The van der Waals surface area contributed by atoms with E-state index in [0.29, 0.717) is 24.7 Å². The molecule has 0 aliphatic carbocycles. The number of carbonyl (C=O) groups is 1. The number of hydrogen-bond donors (Lipinski definition) is 1. The lowest BCUT2D eigenvalue weighted by molar-refractivity contribution is -0.118. The zero-order chi connectivity index (χ0) is 11.1. The minimum absolute atomic E-state index is 0.358. The van der Waals surface area contributed by atoms with Crippen LogP contribution >= 0.6 is 11.3 Å². The van der Waals surface area contributed by atoms with E-state index in [2.05, 4.69) is 30.6 Å². The first-order valence-electron chi connectivity index (χ1n) is 5.46. The minimum Gasteiger partial charge on any atom is -0.314 e. The second-order valence-electron chi connectivity index (χ2n) is 3.98. The Kier molecular flexibility index (Phi) is 5.58. The number of ketones is 1. The first-order valence-corrected chi connectivity index (χ1v) is 6.34. The molecule has 1 heterocycles. The van der Waals surface area contributed by atoms with Gasteiger partial charge in [0.1, 0.15) is 5.78 Å². The molecule has 0 amide bonds. The van der Waals surface area contributed by atoms with Crippen LogP contribution in [0.15, 0.2) is 17.5 Å². The van der Waals surface area contributed by atoms with Crippen molar-refractivity contribution < 1.29 is 4.79 Å². The summed E-state index contributed by atoms with van der Waals surface area (Å²) < 4.78 is 0. The summed E-state index contributed by atoms with van der Waals surface area (Å²) in [4.78, 5) is 12.8. The molecule has 0 saturated heterocycles. The van der Waals surface area contributed by atoms with Crippen molar-refractivity contribution in [2.75, 3.05) is 6.54 Å². The fraction of sp³-hybridized carbons (Fsp3) is 0.583. The van der Waals surface area contributed by atoms with Crippen LogP contribution in [-0.4, -0.2) is 18.4 Å². The van der Waals surface area contributed by atoms with E-state index in [0.717, 1.165) is 13.0 Å². The zero-order valence-corrected chi connectivity index (χ0v) is 10.3. The Balaban J connectivity index is 2.09. The van der Waals surface area contributed by atoms with Crippen LogP contribution in [0.2, 0.25) is 0 Å². The van der Waals surface area contributed by atoms with Crippen molar-refractivity contribution in [3.05, 3.63) is 22.4 Å². The predicted octanol–water partition coefficient (Wildman–Crippen LogP) is 2.64. The fourth-order valence-electron chi connectivity index (χ4n) is 1.34. The third kappa shape index (κ3) is 5.70. The van der Waals surface area contributed by atoms with Crippen LogP contribution in [0.25, 0.3) is 0 Å². The summed E-state index contributed by atoms with van der Waals surface area (Å²) in [6, 6.07) is 4.59. The number of hydrogen-bond acceptors (Lipinski definition) is 3. The zero-order valence-electron chi connectivity index (χ0n) is 9.45. The van der Waals surface area contributed by atoms with Gasteiger partial charge in [0.25, 0.3) is 0 Å². The molecule has 0 bridgehead atoms. The first kappa shape index (κ1) is 12.4. The highest BCUT2D eigenvalue weighted by Crippen LogP contribution is 2.11. The van der Waals surface area contributed by atoms with Gasteiger partial charge in [-0.15, -0.1) is 11.3 Å². The average Bonchev–Trinajstić information content (AvgIpc) is 2.66. The van der Waals surface area contributed by atoms with Crippen molar-refractivity contribution in [2.45, 2.75) is 39.2 Å². The van der Waals surface area contributed by atoms with E-state index in [4.69, 9.17) is 0 Å². The molecule has 1 N–H and O–H groups in total. The van der Waals surface area contributed by atoms with Crippen LogP contribution in [0.1, 0.15) is 31.6 Å². The van der Waals surface area contributed by atoms with Gasteiger partial charge < -0.3 is 5.32 Å². The second kappa shape index (κ2) is 6.75. The van der Waals surface area contributed by atoms with E-state index in [9.17, 15) is 4.79 Å². The Morgan fingerprint density at radius 3 is 2.87 bits per heavy atom. The molecule has 0 aromatic carbocycles. The molecule has 0 saturated carbocycles. The minimum atomic E-state index is 0.358. The Morgan fingerprint density at radius 2 is 2.27 bits per heavy atom. The largest absolute Gasteiger partial charge is 0.314 e. The molecule has 0 fully saturated rings. The predicted molar refractivity (Wildman–Crippen MR) is 65.4 cm³/mol. The maximum Gasteiger partial charge on any atom is 0.134 e. The van der Waals surface area contributed by atoms with Crippen LogP contribution in [-0.2, 0) is 11.2 Å². The highest BCUT2D eigenvalue weighted by atomic mass is 32.1. The highest BCUT2D eigenvalue weighted by molar-refractivity contribution is 7.09. The first-order chi connectivity index (χ1) is 7.18. The van der Waals surface area contributed by atoms with Gasteiger partial charge in [-0.3, -0.25) is 4.79 Å². The number of Topliss-reactive ketones (excluding diaryl/α,β-unsaturated/α-hetero) is 1. The molecule has 1 aromatic rings. The Morgan fingerprint density at radius 1 is 1.47 bits per heavy atom. The van der Waals surface area contributed by atoms with Crippen LogP contribution < -0.4 is 5.32 Å². The highest BCUT2D eigenvalue weighted by Gasteiger charge is 2.03. The molecule has 0 aliphatic rings. The topological polar surface area (TPSA) is 29.1 Å². The standard InChI is InChI=1S/C12H19NOS/c1-10(2)13-8-7-11(14)5-6-12-4-3-9-15-12/h3-4,9-10,13H,5-8H2,1-2H3. The molecule has 3 heteroatoms. The van der Waals surface area contributed by atoms with Crippen molar-refractivity contribution in [1.29, 1.82) is 0 Å². The molecule has 1 aromatic heterocycles. The van der Waals surface area contributed by atoms with Crippen LogP contribution in [0, 0.1) is 0 Å². The molecule has 0 spiro atoms. The maximum absolute atomic E-state index is 11.5. The van der Waals surface area contributed by atoms with E-state index >= 15 is 0 Å². The monoisotopic (exact) mass is 225 g/mol. The Bertz CT molecular complexity index is 280. The van der Waals surface area contributed by atoms with E-state index in [1.807, 2.05) is 6.07 Å². The number of aryl methyl sites for hydroxylation is 1. The summed E-state index contributed by atoms with van der Waals surface area (Å²) in [5, 5.41) is 5.31. The van der Waals surface area contributed by atoms with Gasteiger partial charge in [0, 0.05) is 30.3 Å². The van der Waals surface area contributed by atoms with Gasteiger partial charge in [0.05, 0.1) is 0 Å². The lowest BCUT2D eigenvalue weighted by Gasteiger charge is -2.06. The van der Waals surface area contributed by atoms with Crippen molar-refractivity contribution in [1.82, 2.24) is 5.32 Å². The van der Waals surface area contributed by atoms with Gasteiger partial charge >= 0.3 is 0 Å². The Hall–Kier alpha value is -0.670. The van der Waals surface area contributed by atoms with Gasteiger partial charge in [-0.1, -0.05) is 19.9 Å². The molecule has 2 nitrogen and oxygen atoms in total. The van der Waals surface area contributed by atoms with E-state index in [-0.39, 0.29) is 0 Å².